The molecule has 3 rings (SSSR count). The number of hydrogen-bond donors (Lipinski definition) is 1. The first-order valence-corrected chi connectivity index (χ1v) is 10.4. The minimum atomic E-state index is -0.160. The number of benzene rings is 1. The first-order valence-electron chi connectivity index (χ1n) is 10.4. The topological polar surface area (TPSA) is 67.3 Å². The summed E-state index contributed by atoms with van der Waals surface area (Å²) in [7, 11) is 1.63. The quantitative estimate of drug-likeness (QED) is 0.775. The summed E-state index contributed by atoms with van der Waals surface area (Å²) in [6.45, 7) is 10.1. The molecule has 6 nitrogen and oxygen atoms in total. The molecule has 0 radical (unpaired) electrons. The van der Waals surface area contributed by atoms with Crippen LogP contribution in [0.5, 0.6) is 5.75 Å². The molecule has 0 bridgehead atoms. The summed E-state index contributed by atoms with van der Waals surface area (Å²) in [4.78, 5) is 24.4. The fourth-order valence-corrected chi connectivity index (χ4v) is 3.91. The van der Waals surface area contributed by atoms with Crippen molar-refractivity contribution in [2.45, 2.75) is 46.1 Å². The number of para-hydroxylation sites is 1. The van der Waals surface area contributed by atoms with E-state index in [2.05, 4.69) is 34.0 Å². The number of amides is 1. The molecule has 0 aliphatic carbocycles. The van der Waals surface area contributed by atoms with Crippen molar-refractivity contribution >= 4 is 5.91 Å². The molecule has 0 unspecified atom stereocenters. The Morgan fingerprint density at radius 2 is 2.00 bits per heavy atom. The van der Waals surface area contributed by atoms with E-state index < -0.39 is 0 Å². The van der Waals surface area contributed by atoms with Crippen LogP contribution in [0.4, 0.5) is 0 Å². The van der Waals surface area contributed by atoms with Crippen LogP contribution in [0.25, 0.3) is 0 Å². The average Bonchev–Trinajstić information content (AvgIpc) is 2.72. The summed E-state index contributed by atoms with van der Waals surface area (Å²) < 4.78 is 5.34. The lowest BCUT2D eigenvalue weighted by Gasteiger charge is -2.32. The number of carbonyl (C=O) groups is 1. The highest BCUT2D eigenvalue weighted by Gasteiger charge is 2.24. The van der Waals surface area contributed by atoms with Gasteiger partial charge >= 0.3 is 0 Å². The van der Waals surface area contributed by atoms with Crippen LogP contribution in [-0.2, 0) is 6.54 Å². The molecular weight excluding hydrogens is 364 g/mol. The maximum atomic E-state index is 12.6. The maximum absolute atomic E-state index is 12.6. The zero-order chi connectivity index (χ0) is 20.8. The molecule has 1 amide bonds. The molecule has 1 aliphatic heterocycles. The summed E-state index contributed by atoms with van der Waals surface area (Å²) in [5.74, 6) is 2.54. The Balaban J connectivity index is 1.60. The molecule has 1 fully saturated rings. The molecule has 1 aromatic carbocycles. The van der Waals surface area contributed by atoms with Crippen molar-refractivity contribution < 1.29 is 9.53 Å². The van der Waals surface area contributed by atoms with E-state index in [1.807, 2.05) is 31.2 Å². The molecule has 1 aliphatic rings. The SMILES string of the molecule is COc1ccccc1CNC(=O)c1cnc(C2CCN(CC(C)C)CC2)nc1C. The Labute approximate surface area is 173 Å². The Bertz CT molecular complexity index is 829. The standard InChI is InChI=1S/C23H32N4O2/c1-16(2)15-27-11-9-18(10-12-27)22-24-14-20(17(3)26-22)23(28)25-13-19-7-5-6-8-21(19)29-4/h5-8,14,16,18H,9-13,15H2,1-4H3,(H,25,28). The van der Waals surface area contributed by atoms with Crippen LogP contribution >= 0.6 is 0 Å². The monoisotopic (exact) mass is 396 g/mol. The summed E-state index contributed by atoms with van der Waals surface area (Å²) in [5.41, 5.74) is 2.20. The second-order valence-corrected chi connectivity index (χ2v) is 8.19. The van der Waals surface area contributed by atoms with Gasteiger partial charge in [0.1, 0.15) is 11.6 Å². The largest absolute Gasteiger partial charge is 0.496 e. The smallest absolute Gasteiger partial charge is 0.254 e. The van der Waals surface area contributed by atoms with Gasteiger partial charge in [-0.05, 0) is 44.8 Å². The highest BCUT2D eigenvalue weighted by atomic mass is 16.5. The zero-order valence-corrected chi connectivity index (χ0v) is 17.9. The number of piperidine rings is 1. The number of nitrogens with zero attached hydrogens (tertiary/aromatic N) is 3. The van der Waals surface area contributed by atoms with Crippen LogP contribution < -0.4 is 10.1 Å². The Kier molecular flexibility index (Phi) is 7.20. The van der Waals surface area contributed by atoms with Crippen LogP contribution in [0.1, 0.15) is 60.0 Å². The molecule has 29 heavy (non-hydrogen) atoms. The van der Waals surface area contributed by atoms with E-state index in [0.29, 0.717) is 23.9 Å². The number of carbonyl (C=O) groups excluding carboxylic acids is 1. The minimum absolute atomic E-state index is 0.160. The summed E-state index contributed by atoms with van der Waals surface area (Å²) in [5, 5.41) is 2.95. The number of methoxy groups -OCH3 is 1. The van der Waals surface area contributed by atoms with Gasteiger partial charge in [-0.1, -0.05) is 32.0 Å². The van der Waals surface area contributed by atoms with Crippen molar-refractivity contribution in [1.29, 1.82) is 0 Å². The molecule has 6 heteroatoms. The lowest BCUT2D eigenvalue weighted by Crippen LogP contribution is -2.36. The first-order chi connectivity index (χ1) is 14.0. The van der Waals surface area contributed by atoms with Crippen LogP contribution in [0.3, 0.4) is 0 Å². The molecule has 1 aromatic heterocycles. The van der Waals surface area contributed by atoms with Crippen LogP contribution in [-0.4, -0.2) is 47.5 Å². The maximum Gasteiger partial charge on any atom is 0.254 e. The Hall–Kier alpha value is -2.47. The van der Waals surface area contributed by atoms with E-state index in [4.69, 9.17) is 4.74 Å². The van der Waals surface area contributed by atoms with Crippen LogP contribution in [0.15, 0.2) is 30.5 Å². The molecule has 0 spiro atoms. The molecule has 2 aromatic rings. The van der Waals surface area contributed by atoms with Crippen molar-refractivity contribution in [3.05, 3.63) is 53.1 Å². The fraction of sp³-hybridized carbons (Fsp3) is 0.522. The van der Waals surface area contributed by atoms with Crippen molar-refractivity contribution in [3.8, 4) is 5.75 Å². The van der Waals surface area contributed by atoms with Gasteiger partial charge in [0.05, 0.1) is 18.4 Å². The van der Waals surface area contributed by atoms with E-state index in [-0.39, 0.29) is 5.91 Å². The Morgan fingerprint density at radius 1 is 1.28 bits per heavy atom. The van der Waals surface area contributed by atoms with Gasteiger partial charge in [-0.2, -0.15) is 0 Å². The number of nitrogens with one attached hydrogen (secondary N) is 1. The average molecular weight is 397 g/mol. The van der Waals surface area contributed by atoms with Gasteiger partial charge in [0.2, 0.25) is 0 Å². The highest BCUT2D eigenvalue weighted by Crippen LogP contribution is 2.26. The third-order valence-corrected chi connectivity index (χ3v) is 5.45. The van der Waals surface area contributed by atoms with Gasteiger partial charge < -0.3 is 15.0 Å². The molecule has 0 atom stereocenters. The second-order valence-electron chi connectivity index (χ2n) is 8.19. The van der Waals surface area contributed by atoms with Gasteiger partial charge in [0.25, 0.3) is 5.91 Å². The van der Waals surface area contributed by atoms with Crippen molar-refractivity contribution in [1.82, 2.24) is 20.2 Å². The number of aromatic nitrogens is 2. The Morgan fingerprint density at radius 3 is 2.66 bits per heavy atom. The summed E-state index contributed by atoms with van der Waals surface area (Å²) >= 11 is 0. The van der Waals surface area contributed by atoms with E-state index >= 15 is 0 Å². The van der Waals surface area contributed by atoms with E-state index in [0.717, 1.165) is 55.3 Å². The minimum Gasteiger partial charge on any atom is -0.496 e. The van der Waals surface area contributed by atoms with E-state index in [9.17, 15) is 4.79 Å². The molecular formula is C23H32N4O2. The summed E-state index contributed by atoms with van der Waals surface area (Å²) in [6, 6.07) is 7.67. The van der Waals surface area contributed by atoms with Crippen molar-refractivity contribution in [2.75, 3.05) is 26.7 Å². The van der Waals surface area contributed by atoms with Crippen LogP contribution in [0, 0.1) is 12.8 Å². The zero-order valence-electron chi connectivity index (χ0n) is 17.9. The van der Waals surface area contributed by atoms with Gasteiger partial charge in [-0.3, -0.25) is 4.79 Å². The van der Waals surface area contributed by atoms with E-state index in [1.54, 1.807) is 13.3 Å². The number of aryl methyl sites for hydroxylation is 1. The lowest BCUT2D eigenvalue weighted by atomic mass is 9.95. The molecule has 1 N–H and O–H groups in total. The van der Waals surface area contributed by atoms with E-state index in [1.165, 1.54) is 0 Å². The number of rotatable bonds is 7. The number of ether oxygens (including phenoxy) is 1. The molecule has 2 heterocycles. The summed E-state index contributed by atoms with van der Waals surface area (Å²) in [6.07, 6.45) is 3.83. The number of hydrogen-bond acceptors (Lipinski definition) is 5. The highest BCUT2D eigenvalue weighted by molar-refractivity contribution is 5.94. The molecule has 156 valence electrons. The molecule has 1 saturated heterocycles. The van der Waals surface area contributed by atoms with Gasteiger partial charge in [0.15, 0.2) is 0 Å². The van der Waals surface area contributed by atoms with Crippen molar-refractivity contribution in [3.63, 3.8) is 0 Å². The predicted molar refractivity (Wildman–Crippen MR) is 114 cm³/mol. The third-order valence-electron chi connectivity index (χ3n) is 5.45. The van der Waals surface area contributed by atoms with Gasteiger partial charge in [-0.15, -0.1) is 0 Å². The van der Waals surface area contributed by atoms with Crippen molar-refractivity contribution in [2.24, 2.45) is 5.92 Å². The number of likely N-dealkylation sites (tertiary alicyclic amines) is 1. The normalized spacial score (nSPS) is 15.5. The predicted octanol–water partition coefficient (Wildman–Crippen LogP) is 3.56. The second kappa shape index (κ2) is 9.83. The van der Waals surface area contributed by atoms with Gasteiger partial charge in [-0.25, -0.2) is 9.97 Å². The fourth-order valence-electron chi connectivity index (χ4n) is 3.91. The van der Waals surface area contributed by atoms with Crippen LogP contribution in [0.2, 0.25) is 0 Å². The molecule has 0 saturated carbocycles. The van der Waals surface area contributed by atoms with Gasteiger partial charge in [0, 0.05) is 30.8 Å². The lowest BCUT2D eigenvalue weighted by molar-refractivity contribution is 0.0949. The third kappa shape index (κ3) is 5.54. The first kappa shape index (κ1) is 21.2.